The predicted molar refractivity (Wildman–Crippen MR) is 98.8 cm³/mol. The van der Waals surface area contributed by atoms with Crippen molar-refractivity contribution < 1.29 is 22.3 Å². The van der Waals surface area contributed by atoms with Gasteiger partial charge >= 0.3 is 6.18 Å². The van der Waals surface area contributed by atoms with E-state index in [0.717, 1.165) is 12.1 Å². The highest BCUT2D eigenvalue weighted by Crippen LogP contribution is 2.33. The standard InChI is InChI=1S/C16H15F4N3O.HI/c1-24-14-5-3-2-4-13(14)23-15(21)22-9-10-6-7-11(17)8-12(10)16(18,19)20;/h2-8H,9H2,1H3,(H3,21,22,23);1H. The van der Waals surface area contributed by atoms with E-state index in [9.17, 15) is 17.6 Å². The monoisotopic (exact) mass is 469 g/mol. The van der Waals surface area contributed by atoms with Crippen molar-refractivity contribution in [2.24, 2.45) is 10.7 Å². The zero-order valence-corrected chi connectivity index (χ0v) is 15.4. The summed E-state index contributed by atoms with van der Waals surface area (Å²) in [5.74, 6) is -0.541. The number of nitrogens with two attached hydrogens (primary N) is 1. The van der Waals surface area contributed by atoms with Gasteiger partial charge < -0.3 is 15.8 Å². The van der Waals surface area contributed by atoms with E-state index in [1.165, 1.54) is 7.11 Å². The number of nitrogens with zero attached hydrogens (tertiary/aromatic N) is 1. The second kappa shape index (κ2) is 8.88. The van der Waals surface area contributed by atoms with Gasteiger partial charge in [-0.3, -0.25) is 0 Å². The lowest BCUT2D eigenvalue weighted by molar-refractivity contribution is -0.138. The van der Waals surface area contributed by atoms with Crippen LogP contribution in [-0.4, -0.2) is 13.1 Å². The van der Waals surface area contributed by atoms with Gasteiger partial charge in [-0.05, 0) is 29.8 Å². The third-order valence-corrected chi connectivity index (χ3v) is 3.17. The molecule has 0 aromatic heterocycles. The first kappa shape index (κ1) is 21.0. The van der Waals surface area contributed by atoms with E-state index < -0.39 is 17.6 Å². The molecule has 0 amide bonds. The number of para-hydroxylation sites is 2. The Balaban J connectivity index is 0.00000312. The molecule has 0 atom stereocenters. The molecule has 3 N–H and O–H groups in total. The van der Waals surface area contributed by atoms with Crippen molar-refractivity contribution >= 4 is 35.6 Å². The van der Waals surface area contributed by atoms with Crippen LogP contribution < -0.4 is 15.8 Å². The van der Waals surface area contributed by atoms with Crippen LogP contribution in [0.5, 0.6) is 5.75 Å². The molecule has 0 bridgehead atoms. The molecule has 0 aliphatic rings. The number of benzene rings is 2. The number of hydrogen-bond donors (Lipinski definition) is 2. The van der Waals surface area contributed by atoms with Crippen LogP contribution in [0.2, 0.25) is 0 Å². The summed E-state index contributed by atoms with van der Waals surface area (Å²) in [6.07, 6.45) is -4.67. The third kappa shape index (κ3) is 5.76. The van der Waals surface area contributed by atoms with E-state index in [1.54, 1.807) is 24.3 Å². The van der Waals surface area contributed by atoms with Gasteiger partial charge in [0.25, 0.3) is 0 Å². The molecule has 9 heteroatoms. The number of rotatable bonds is 4. The van der Waals surface area contributed by atoms with Crippen molar-refractivity contribution in [3.05, 3.63) is 59.4 Å². The minimum absolute atomic E-state index is 0. The molecule has 0 saturated carbocycles. The molecule has 0 heterocycles. The second-order valence-electron chi connectivity index (χ2n) is 4.83. The normalized spacial score (nSPS) is 11.6. The van der Waals surface area contributed by atoms with E-state index in [2.05, 4.69) is 10.3 Å². The Labute approximate surface area is 159 Å². The molecule has 25 heavy (non-hydrogen) atoms. The van der Waals surface area contributed by atoms with E-state index >= 15 is 0 Å². The van der Waals surface area contributed by atoms with Crippen LogP contribution in [0.15, 0.2) is 47.5 Å². The average molecular weight is 469 g/mol. The third-order valence-electron chi connectivity index (χ3n) is 3.17. The molecule has 2 aromatic rings. The zero-order valence-electron chi connectivity index (χ0n) is 13.1. The largest absolute Gasteiger partial charge is 0.495 e. The van der Waals surface area contributed by atoms with Gasteiger partial charge in [-0.2, -0.15) is 13.2 Å². The molecule has 0 aliphatic carbocycles. The summed E-state index contributed by atoms with van der Waals surface area (Å²) in [7, 11) is 1.47. The summed E-state index contributed by atoms with van der Waals surface area (Å²) in [4.78, 5) is 3.87. The molecule has 0 spiro atoms. The molecule has 0 fully saturated rings. The average Bonchev–Trinajstić information content (AvgIpc) is 2.53. The van der Waals surface area contributed by atoms with Crippen molar-refractivity contribution in [2.45, 2.75) is 12.7 Å². The van der Waals surface area contributed by atoms with Crippen LogP contribution in [0.25, 0.3) is 0 Å². The maximum absolute atomic E-state index is 13.1. The Kier molecular flexibility index (Phi) is 7.46. The molecule has 2 rings (SSSR count). The Morgan fingerprint density at radius 2 is 1.88 bits per heavy atom. The predicted octanol–water partition coefficient (Wildman–Crippen LogP) is 4.40. The number of methoxy groups -OCH3 is 1. The van der Waals surface area contributed by atoms with Crippen molar-refractivity contribution in [1.82, 2.24) is 0 Å². The number of halogens is 5. The number of aliphatic imine (C=N–C) groups is 1. The van der Waals surface area contributed by atoms with Crippen LogP contribution in [0.4, 0.5) is 23.2 Å². The van der Waals surface area contributed by atoms with E-state index in [1.807, 2.05) is 0 Å². The molecule has 0 aliphatic heterocycles. The van der Waals surface area contributed by atoms with E-state index in [4.69, 9.17) is 10.5 Å². The van der Waals surface area contributed by atoms with E-state index in [0.29, 0.717) is 17.5 Å². The SMILES string of the molecule is COc1ccccc1NC(N)=NCc1ccc(F)cc1C(F)(F)F.I. The fourth-order valence-corrected chi connectivity index (χ4v) is 2.05. The van der Waals surface area contributed by atoms with Crippen LogP contribution in [-0.2, 0) is 12.7 Å². The van der Waals surface area contributed by atoms with Gasteiger partial charge in [-0.15, -0.1) is 24.0 Å². The van der Waals surface area contributed by atoms with Gasteiger partial charge in [-0.25, -0.2) is 9.38 Å². The lowest BCUT2D eigenvalue weighted by atomic mass is 10.1. The van der Waals surface area contributed by atoms with Crippen molar-refractivity contribution in [3.8, 4) is 5.75 Å². The summed E-state index contributed by atoms with van der Waals surface area (Å²) in [6, 6.07) is 9.29. The molecule has 2 aromatic carbocycles. The zero-order chi connectivity index (χ0) is 17.7. The van der Waals surface area contributed by atoms with Crippen molar-refractivity contribution in [3.63, 3.8) is 0 Å². The van der Waals surface area contributed by atoms with Gasteiger partial charge in [0.2, 0.25) is 0 Å². The number of ether oxygens (including phenoxy) is 1. The Morgan fingerprint density at radius 3 is 2.52 bits per heavy atom. The Hall–Kier alpha value is -2.04. The van der Waals surface area contributed by atoms with Crippen LogP contribution in [0.1, 0.15) is 11.1 Å². The minimum Gasteiger partial charge on any atom is -0.495 e. The molecular formula is C16H16F4IN3O. The highest BCUT2D eigenvalue weighted by atomic mass is 127. The minimum atomic E-state index is -4.67. The number of guanidine groups is 1. The molecular weight excluding hydrogens is 453 g/mol. The molecule has 0 radical (unpaired) electrons. The number of hydrogen-bond acceptors (Lipinski definition) is 2. The summed E-state index contributed by atoms with van der Waals surface area (Å²) < 4.78 is 56.9. The molecule has 0 saturated heterocycles. The number of anilines is 1. The fourth-order valence-electron chi connectivity index (χ4n) is 2.05. The fraction of sp³-hybridized carbons (Fsp3) is 0.188. The number of alkyl halides is 3. The molecule has 0 unspecified atom stereocenters. The second-order valence-corrected chi connectivity index (χ2v) is 4.83. The number of nitrogens with one attached hydrogen (secondary N) is 1. The van der Waals surface area contributed by atoms with Gasteiger partial charge in [0, 0.05) is 0 Å². The first-order chi connectivity index (χ1) is 11.3. The highest BCUT2D eigenvalue weighted by Gasteiger charge is 2.33. The summed E-state index contributed by atoms with van der Waals surface area (Å²) in [5.41, 5.74) is 4.97. The summed E-state index contributed by atoms with van der Waals surface area (Å²) in [5, 5.41) is 2.75. The quantitative estimate of drug-likeness (QED) is 0.302. The van der Waals surface area contributed by atoms with E-state index in [-0.39, 0.29) is 42.0 Å². The van der Waals surface area contributed by atoms with Gasteiger partial charge in [-0.1, -0.05) is 18.2 Å². The summed E-state index contributed by atoms with van der Waals surface area (Å²) >= 11 is 0. The van der Waals surface area contributed by atoms with Crippen molar-refractivity contribution in [1.29, 1.82) is 0 Å². The van der Waals surface area contributed by atoms with Crippen molar-refractivity contribution in [2.75, 3.05) is 12.4 Å². The molecule has 136 valence electrons. The lowest BCUT2D eigenvalue weighted by Gasteiger charge is -2.13. The maximum Gasteiger partial charge on any atom is 0.416 e. The van der Waals surface area contributed by atoms with Crippen LogP contribution in [0, 0.1) is 5.82 Å². The Bertz CT molecular complexity index is 750. The van der Waals surface area contributed by atoms with Gasteiger partial charge in [0.05, 0.1) is 24.9 Å². The topological polar surface area (TPSA) is 59.6 Å². The summed E-state index contributed by atoms with van der Waals surface area (Å²) in [6.45, 7) is -0.344. The first-order valence-corrected chi connectivity index (χ1v) is 6.87. The lowest BCUT2D eigenvalue weighted by Crippen LogP contribution is -2.23. The van der Waals surface area contributed by atoms with Gasteiger partial charge in [0.15, 0.2) is 5.96 Å². The Morgan fingerprint density at radius 1 is 1.20 bits per heavy atom. The van der Waals surface area contributed by atoms with Crippen LogP contribution >= 0.6 is 24.0 Å². The first-order valence-electron chi connectivity index (χ1n) is 6.87. The van der Waals surface area contributed by atoms with Crippen LogP contribution in [0.3, 0.4) is 0 Å². The maximum atomic E-state index is 13.1. The highest BCUT2D eigenvalue weighted by molar-refractivity contribution is 14.0. The van der Waals surface area contributed by atoms with Gasteiger partial charge in [0.1, 0.15) is 11.6 Å². The molecule has 4 nitrogen and oxygen atoms in total. The smallest absolute Gasteiger partial charge is 0.416 e.